The molecular weight excluding hydrogens is 226 g/mol. The molecule has 18 heavy (non-hydrogen) atoms. The third kappa shape index (κ3) is 2.85. The first-order valence-electron chi connectivity index (χ1n) is 6.80. The van der Waals surface area contributed by atoms with E-state index < -0.39 is 6.10 Å². The van der Waals surface area contributed by atoms with Crippen LogP contribution in [0.3, 0.4) is 0 Å². The number of benzene rings is 1. The monoisotopic (exact) mass is 249 g/mol. The number of nitrogens with two attached hydrogens (primary N) is 1. The van der Waals surface area contributed by atoms with Crippen molar-refractivity contribution in [1.29, 1.82) is 0 Å². The molecule has 3 heteroatoms. The molecule has 1 aliphatic carbocycles. The molecule has 0 aromatic heterocycles. The average molecular weight is 249 g/mol. The van der Waals surface area contributed by atoms with Crippen LogP contribution in [0, 0.1) is 5.92 Å². The Balaban J connectivity index is 2.11. The van der Waals surface area contributed by atoms with E-state index in [0.717, 1.165) is 24.2 Å². The molecule has 0 amide bonds. The lowest BCUT2D eigenvalue weighted by molar-refractivity contribution is 0.0611. The summed E-state index contributed by atoms with van der Waals surface area (Å²) in [6.07, 6.45) is 5.41. The molecule has 2 rings (SSSR count). The Morgan fingerprint density at radius 3 is 2.56 bits per heavy atom. The van der Waals surface area contributed by atoms with Crippen molar-refractivity contribution in [1.82, 2.24) is 0 Å². The van der Waals surface area contributed by atoms with Crippen molar-refractivity contribution in [2.75, 3.05) is 7.11 Å². The molecule has 1 aromatic rings. The topological polar surface area (TPSA) is 55.5 Å². The number of hydrogen-bond donors (Lipinski definition) is 2. The smallest absolute Gasteiger partial charge is 0.123 e. The van der Waals surface area contributed by atoms with Gasteiger partial charge in [-0.3, -0.25) is 0 Å². The van der Waals surface area contributed by atoms with E-state index in [4.69, 9.17) is 10.5 Å². The molecule has 1 aromatic carbocycles. The Bertz CT molecular complexity index is 375. The highest BCUT2D eigenvalue weighted by Gasteiger charge is 2.28. The fourth-order valence-electron chi connectivity index (χ4n) is 2.89. The van der Waals surface area contributed by atoms with E-state index in [1.165, 1.54) is 19.3 Å². The Hall–Kier alpha value is -1.06. The standard InChI is InChI=1S/C15H23NO2/c1-18-13-10-6-5-9-12(13)14(16)15(17)11-7-3-2-4-8-11/h5-6,9-11,14-15,17H,2-4,7-8,16H2,1H3/t14-,15+/m0/s1. The molecule has 2 atom stereocenters. The van der Waals surface area contributed by atoms with E-state index in [-0.39, 0.29) is 6.04 Å². The molecule has 0 spiro atoms. The van der Waals surface area contributed by atoms with E-state index in [0.29, 0.717) is 5.92 Å². The van der Waals surface area contributed by atoms with Crippen LogP contribution >= 0.6 is 0 Å². The van der Waals surface area contributed by atoms with Gasteiger partial charge in [0.05, 0.1) is 19.3 Å². The van der Waals surface area contributed by atoms with Crippen LogP contribution in [0.25, 0.3) is 0 Å². The minimum Gasteiger partial charge on any atom is -0.496 e. The zero-order valence-electron chi connectivity index (χ0n) is 11.0. The lowest BCUT2D eigenvalue weighted by Crippen LogP contribution is -2.34. The lowest BCUT2D eigenvalue weighted by atomic mass is 9.81. The van der Waals surface area contributed by atoms with E-state index in [1.807, 2.05) is 24.3 Å². The number of ether oxygens (including phenoxy) is 1. The predicted molar refractivity (Wildman–Crippen MR) is 72.5 cm³/mol. The predicted octanol–water partition coefficient (Wildman–Crippen LogP) is 2.64. The Morgan fingerprint density at radius 2 is 1.89 bits per heavy atom. The van der Waals surface area contributed by atoms with E-state index in [2.05, 4.69) is 0 Å². The minimum atomic E-state index is -0.471. The van der Waals surface area contributed by atoms with Crippen LogP contribution in [0.2, 0.25) is 0 Å². The van der Waals surface area contributed by atoms with Crippen molar-refractivity contribution in [2.45, 2.75) is 44.2 Å². The maximum absolute atomic E-state index is 10.4. The summed E-state index contributed by atoms with van der Waals surface area (Å²) < 4.78 is 5.31. The van der Waals surface area contributed by atoms with Crippen molar-refractivity contribution in [2.24, 2.45) is 11.7 Å². The zero-order chi connectivity index (χ0) is 13.0. The summed E-state index contributed by atoms with van der Waals surface area (Å²) >= 11 is 0. The van der Waals surface area contributed by atoms with Gasteiger partial charge in [-0.1, -0.05) is 37.5 Å². The summed E-state index contributed by atoms with van der Waals surface area (Å²) in [4.78, 5) is 0. The van der Waals surface area contributed by atoms with Gasteiger partial charge in [0, 0.05) is 5.56 Å². The quantitative estimate of drug-likeness (QED) is 0.862. The van der Waals surface area contributed by atoms with Crippen molar-refractivity contribution in [3.63, 3.8) is 0 Å². The minimum absolute atomic E-state index is 0.332. The summed E-state index contributed by atoms with van der Waals surface area (Å²) in [7, 11) is 1.64. The number of aliphatic hydroxyl groups is 1. The van der Waals surface area contributed by atoms with E-state index >= 15 is 0 Å². The molecule has 3 N–H and O–H groups in total. The van der Waals surface area contributed by atoms with Gasteiger partial charge in [-0.25, -0.2) is 0 Å². The highest BCUT2D eigenvalue weighted by atomic mass is 16.5. The molecule has 0 bridgehead atoms. The van der Waals surface area contributed by atoms with Crippen LogP contribution in [-0.2, 0) is 0 Å². The summed E-state index contributed by atoms with van der Waals surface area (Å²) in [5.74, 6) is 1.10. The molecule has 0 heterocycles. The van der Waals surface area contributed by atoms with Gasteiger partial charge in [-0.15, -0.1) is 0 Å². The molecule has 1 saturated carbocycles. The molecule has 0 saturated heterocycles. The Morgan fingerprint density at radius 1 is 1.22 bits per heavy atom. The maximum atomic E-state index is 10.4. The molecular formula is C15H23NO2. The first-order valence-corrected chi connectivity index (χ1v) is 6.80. The highest BCUT2D eigenvalue weighted by molar-refractivity contribution is 5.36. The molecule has 0 radical (unpaired) electrons. The second-order valence-electron chi connectivity index (χ2n) is 5.16. The van der Waals surface area contributed by atoms with Crippen LogP contribution in [-0.4, -0.2) is 18.3 Å². The highest BCUT2D eigenvalue weighted by Crippen LogP contribution is 2.33. The number of hydrogen-bond acceptors (Lipinski definition) is 3. The van der Waals surface area contributed by atoms with Crippen molar-refractivity contribution < 1.29 is 9.84 Å². The van der Waals surface area contributed by atoms with Gasteiger partial charge in [-0.05, 0) is 24.8 Å². The first kappa shape index (κ1) is 13.4. The maximum Gasteiger partial charge on any atom is 0.123 e. The summed E-state index contributed by atoms with van der Waals surface area (Å²) in [5.41, 5.74) is 7.12. The molecule has 0 aliphatic heterocycles. The van der Waals surface area contributed by atoms with Crippen LogP contribution in [0.5, 0.6) is 5.75 Å². The summed E-state index contributed by atoms with van der Waals surface area (Å²) in [6, 6.07) is 7.33. The molecule has 100 valence electrons. The Kier molecular flexibility index (Phi) is 4.61. The van der Waals surface area contributed by atoms with Gasteiger partial charge >= 0.3 is 0 Å². The molecule has 3 nitrogen and oxygen atoms in total. The number of para-hydroxylation sites is 1. The SMILES string of the molecule is COc1ccccc1[C@H](N)[C@H](O)C1CCCCC1. The molecule has 1 fully saturated rings. The van der Waals surface area contributed by atoms with Crippen LogP contribution in [0.15, 0.2) is 24.3 Å². The van der Waals surface area contributed by atoms with Gasteiger partial charge in [0.2, 0.25) is 0 Å². The average Bonchev–Trinajstić information content (AvgIpc) is 2.46. The lowest BCUT2D eigenvalue weighted by Gasteiger charge is -2.31. The van der Waals surface area contributed by atoms with Crippen molar-refractivity contribution in [3.8, 4) is 5.75 Å². The number of rotatable bonds is 4. The fourth-order valence-corrected chi connectivity index (χ4v) is 2.89. The van der Waals surface area contributed by atoms with E-state index in [9.17, 15) is 5.11 Å². The normalized spacial score (nSPS) is 20.4. The number of methoxy groups -OCH3 is 1. The largest absolute Gasteiger partial charge is 0.496 e. The van der Waals surface area contributed by atoms with Gasteiger partial charge < -0.3 is 15.6 Å². The number of aliphatic hydroxyl groups excluding tert-OH is 1. The first-order chi connectivity index (χ1) is 8.74. The van der Waals surface area contributed by atoms with Crippen LogP contribution in [0.4, 0.5) is 0 Å². The van der Waals surface area contributed by atoms with Gasteiger partial charge in [-0.2, -0.15) is 0 Å². The molecule has 0 unspecified atom stereocenters. The van der Waals surface area contributed by atoms with Crippen LogP contribution < -0.4 is 10.5 Å². The van der Waals surface area contributed by atoms with Crippen LogP contribution in [0.1, 0.15) is 43.7 Å². The fraction of sp³-hybridized carbons (Fsp3) is 0.600. The van der Waals surface area contributed by atoms with Gasteiger partial charge in [0.1, 0.15) is 5.75 Å². The second-order valence-corrected chi connectivity index (χ2v) is 5.16. The Labute approximate surface area is 109 Å². The van der Waals surface area contributed by atoms with Crippen molar-refractivity contribution >= 4 is 0 Å². The van der Waals surface area contributed by atoms with Gasteiger partial charge in [0.15, 0.2) is 0 Å². The second kappa shape index (κ2) is 6.21. The van der Waals surface area contributed by atoms with Gasteiger partial charge in [0.25, 0.3) is 0 Å². The zero-order valence-corrected chi connectivity index (χ0v) is 11.0. The third-order valence-corrected chi connectivity index (χ3v) is 4.00. The summed E-state index contributed by atoms with van der Waals surface area (Å²) in [5, 5.41) is 10.4. The third-order valence-electron chi connectivity index (χ3n) is 4.00. The summed E-state index contributed by atoms with van der Waals surface area (Å²) in [6.45, 7) is 0. The molecule has 1 aliphatic rings. The van der Waals surface area contributed by atoms with E-state index in [1.54, 1.807) is 7.11 Å². The van der Waals surface area contributed by atoms with Crippen molar-refractivity contribution in [3.05, 3.63) is 29.8 Å².